The lowest BCUT2D eigenvalue weighted by molar-refractivity contribution is 0.103. The largest absolute Gasteiger partial charge is 0.287 e. The van der Waals surface area contributed by atoms with Gasteiger partial charge in [0.05, 0.1) is 11.3 Å². The Balaban J connectivity index is 2.41. The highest BCUT2D eigenvalue weighted by Gasteiger charge is 2.20. The summed E-state index contributed by atoms with van der Waals surface area (Å²) in [5, 5.41) is 3.93. The van der Waals surface area contributed by atoms with Crippen LogP contribution in [0.4, 0.5) is 4.39 Å². The maximum Gasteiger partial charge on any atom is 0.209 e. The molecule has 2 aromatic rings. The quantitative estimate of drug-likeness (QED) is 0.797. The third kappa shape index (κ3) is 2.46. The van der Waals surface area contributed by atoms with Crippen molar-refractivity contribution < 1.29 is 9.18 Å². The van der Waals surface area contributed by atoms with Gasteiger partial charge in [0, 0.05) is 0 Å². The lowest BCUT2D eigenvalue weighted by Crippen LogP contribution is -2.06. The minimum Gasteiger partial charge on any atom is -0.287 e. The van der Waals surface area contributed by atoms with E-state index >= 15 is 0 Å². The van der Waals surface area contributed by atoms with E-state index in [4.69, 9.17) is 0 Å². The predicted molar refractivity (Wildman–Crippen MR) is 68.5 cm³/mol. The Labute approximate surface area is 109 Å². The van der Waals surface area contributed by atoms with Gasteiger partial charge in [0.1, 0.15) is 10.7 Å². The summed E-state index contributed by atoms with van der Waals surface area (Å²) < 4.78 is 17.5. The van der Waals surface area contributed by atoms with Gasteiger partial charge in [-0.3, -0.25) is 4.79 Å². The highest BCUT2D eigenvalue weighted by atomic mass is 32.1. The van der Waals surface area contributed by atoms with E-state index in [9.17, 15) is 9.18 Å². The van der Waals surface area contributed by atoms with Gasteiger partial charge in [-0.25, -0.2) is 4.39 Å². The number of aryl methyl sites for hydroxylation is 2. The monoisotopic (exact) mass is 264 g/mol. The summed E-state index contributed by atoms with van der Waals surface area (Å²) in [5.41, 5.74) is 1.61. The van der Waals surface area contributed by atoms with Crippen molar-refractivity contribution in [3.05, 3.63) is 45.7 Å². The number of hydrogen-bond acceptors (Lipinski definition) is 4. The van der Waals surface area contributed by atoms with Crippen LogP contribution in [0.3, 0.4) is 0 Å². The van der Waals surface area contributed by atoms with Gasteiger partial charge < -0.3 is 0 Å². The molecule has 0 aliphatic rings. The molecule has 0 saturated heterocycles. The number of carbonyl (C=O) groups excluding carboxylic acids is 1. The van der Waals surface area contributed by atoms with Crippen molar-refractivity contribution in [3.63, 3.8) is 0 Å². The van der Waals surface area contributed by atoms with E-state index in [0.29, 0.717) is 17.0 Å². The lowest BCUT2D eigenvalue weighted by Gasteiger charge is -2.03. The Morgan fingerprint density at radius 3 is 2.94 bits per heavy atom. The zero-order valence-electron chi connectivity index (χ0n) is 10.2. The van der Waals surface area contributed by atoms with E-state index in [0.717, 1.165) is 23.5 Å². The minimum absolute atomic E-state index is 0.0957. The predicted octanol–water partition coefficient (Wildman–Crippen LogP) is 3.17. The molecule has 2 rings (SSSR count). The van der Waals surface area contributed by atoms with Gasteiger partial charge >= 0.3 is 0 Å². The summed E-state index contributed by atoms with van der Waals surface area (Å²) in [5.74, 6) is -0.823. The molecule has 3 nitrogen and oxygen atoms in total. The zero-order valence-corrected chi connectivity index (χ0v) is 11.1. The van der Waals surface area contributed by atoms with Crippen LogP contribution in [-0.2, 0) is 6.42 Å². The fourth-order valence-electron chi connectivity index (χ4n) is 1.72. The van der Waals surface area contributed by atoms with Crippen molar-refractivity contribution in [2.45, 2.75) is 26.7 Å². The van der Waals surface area contributed by atoms with Gasteiger partial charge in [-0.2, -0.15) is 0 Å². The molecule has 0 fully saturated rings. The first-order chi connectivity index (χ1) is 8.63. The van der Waals surface area contributed by atoms with E-state index in [1.807, 2.05) is 13.8 Å². The summed E-state index contributed by atoms with van der Waals surface area (Å²) in [6, 6.07) is 4.52. The Hall–Kier alpha value is -1.62. The van der Waals surface area contributed by atoms with Crippen molar-refractivity contribution in [1.82, 2.24) is 9.59 Å². The lowest BCUT2D eigenvalue weighted by atomic mass is 10.0. The van der Waals surface area contributed by atoms with E-state index in [1.54, 1.807) is 12.1 Å². The van der Waals surface area contributed by atoms with Crippen LogP contribution in [-0.4, -0.2) is 15.4 Å². The normalized spacial score (nSPS) is 10.6. The van der Waals surface area contributed by atoms with Gasteiger partial charge in [-0.15, -0.1) is 5.10 Å². The number of hydrogen-bond donors (Lipinski definition) is 0. The Kier molecular flexibility index (Phi) is 3.81. The molecule has 1 aromatic heterocycles. The standard InChI is InChI=1S/C13H13FN2OS/c1-3-4-11-13(18-16-15-11)12(17)9-7-8(2)5-6-10(9)14/h5-7H,3-4H2,1-2H3. The molecule has 0 radical (unpaired) electrons. The first kappa shape index (κ1) is 12.8. The maximum atomic E-state index is 13.7. The van der Waals surface area contributed by atoms with Crippen molar-refractivity contribution in [2.24, 2.45) is 0 Å². The highest BCUT2D eigenvalue weighted by Crippen LogP contribution is 2.20. The molecule has 0 N–H and O–H groups in total. The topological polar surface area (TPSA) is 42.9 Å². The molecule has 94 valence electrons. The van der Waals surface area contributed by atoms with Gasteiger partial charge in [0.2, 0.25) is 5.78 Å². The number of aromatic nitrogens is 2. The number of rotatable bonds is 4. The summed E-state index contributed by atoms with van der Waals surface area (Å²) in [6.45, 7) is 3.83. The van der Waals surface area contributed by atoms with E-state index < -0.39 is 5.82 Å². The molecule has 0 aliphatic carbocycles. The maximum absolute atomic E-state index is 13.7. The van der Waals surface area contributed by atoms with Crippen molar-refractivity contribution in [3.8, 4) is 0 Å². The molecule has 5 heteroatoms. The molecular formula is C13H13FN2OS. The number of halogens is 1. The van der Waals surface area contributed by atoms with Crippen LogP contribution in [0, 0.1) is 12.7 Å². The minimum atomic E-state index is -0.499. The van der Waals surface area contributed by atoms with Crippen molar-refractivity contribution >= 4 is 17.3 Å². The van der Waals surface area contributed by atoms with Crippen LogP contribution in [0.25, 0.3) is 0 Å². The molecule has 0 spiro atoms. The Bertz CT molecular complexity index is 580. The molecule has 0 aliphatic heterocycles. The van der Waals surface area contributed by atoms with Gasteiger partial charge in [0.25, 0.3) is 0 Å². The molecule has 1 aromatic carbocycles. The molecule has 1 heterocycles. The second-order valence-corrected chi connectivity index (χ2v) is 4.87. The molecular weight excluding hydrogens is 251 g/mol. The van der Waals surface area contributed by atoms with Crippen molar-refractivity contribution in [1.29, 1.82) is 0 Å². The van der Waals surface area contributed by atoms with E-state index in [1.165, 1.54) is 6.07 Å². The average molecular weight is 264 g/mol. The number of benzene rings is 1. The number of ketones is 1. The van der Waals surface area contributed by atoms with Crippen LogP contribution in [0.15, 0.2) is 18.2 Å². The molecule has 0 amide bonds. The third-order valence-corrected chi connectivity index (χ3v) is 3.38. The van der Waals surface area contributed by atoms with Gasteiger partial charge in [-0.05, 0) is 37.0 Å². The smallest absolute Gasteiger partial charge is 0.209 e. The fraction of sp³-hybridized carbons (Fsp3) is 0.308. The van der Waals surface area contributed by atoms with Crippen LogP contribution in [0.5, 0.6) is 0 Å². The first-order valence-electron chi connectivity index (χ1n) is 5.75. The SMILES string of the molecule is CCCc1nnsc1C(=O)c1cc(C)ccc1F. The fourth-order valence-corrected chi connectivity index (χ4v) is 2.38. The van der Waals surface area contributed by atoms with Crippen molar-refractivity contribution in [2.75, 3.05) is 0 Å². The molecule has 18 heavy (non-hydrogen) atoms. The third-order valence-electron chi connectivity index (χ3n) is 2.62. The van der Waals surface area contributed by atoms with Crippen LogP contribution < -0.4 is 0 Å². The molecule has 0 unspecified atom stereocenters. The van der Waals surface area contributed by atoms with Crippen LogP contribution >= 0.6 is 11.5 Å². The zero-order chi connectivity index (χ0) is 13.1. The Morgan fingerprint density at radius 1 is 1.44 bits per heavy atom. The van der Waals surface area contributed by atoms with Gasteiger partial charge in [0.15, 0.2) is 0 Å². The summed E-state index contributed by atoms with van der Waals surface area (Å²) in [6.07, 6.45) is 1.56. The highest BCUT2D eigenvalue weighted by molar-refractivity contribution is 7.08. The summed E-state index contributed by atoms with van der Waals surface area (Å²) >= 11 is 1.03. The number of carbonyl (C=O) groups is 1. The molecule has 0 atom stereocenters. The summed E-state index contributed by atoms with van der Waals surface area (Å²) in [4.78, 5) is 12.7. The Morgan fingerprint density at radius 2 is 2.22 bits per heavy atom. The molecule has 0 saturated carbocycles. The first-order valence-corrected chi connectivity index (χ1v) is 6.53. The average Bonchev–Trinajstić information content (AvgIpc) is 2.80. The molecule has 0 bridgehead atoms. The van der Waals surface area contributed by atoms with Crippen LogP contribution in [0.2, 0.25) is 0 Å². The van der Waals surface area contributed by atoms with Gasteiger partial charge in [-0.1, -0.05) is 29.5 Å². The van der Waals surface area contributed by atoms with E-state index in [-0.39, 0.29) is 11.3 Å². The second kappa shape index (κ2) is 5.35. The number of nitrogens with zero attached hydrogens (tertiary/aromatic N) is 2. The van der Waals surface area contributed by atoms with Crippen LogP contribution in [0.1, 0.15) is 39.8 Å². The van der Waals surface area contributed by atoms with E-state index in [2.05, 4.69) is 9.59 Å². The summed E-state index contributed by atoms with van der Waals surface area (Å²) in [7, 11) is 0. The second-order valence-electron chi connectivity index (χ2n) is 4.11.